The lowest BCUT2D eigenvalue weighted by Crippen LogP contribution is -2.12. The first-order valence-electron chi connectivity index (χ1n) is 12.0. The third-order valence-corrected chi connectivity index (χ3v) is 7.52. The minimum absolute atomic E-state index is 0.139. The molecule has 0 fully saturated rings. The summed E-state index contributed by atoms with van der Waals surface area (Å²) in [6.07, 6.45) is 4.40. The molecule has 1 unspecified atom stereocenters. The van der Waals surface area contributed by atoms with Gasteiger partial charge in [-0.15, -0.1) is 0 Å². The Bertz CT molecular complexity index is 1890. The maximum atomic E-state index is 13.2. The van der Waals surface area contributed by atoms with Gasteiger partial charge in [0.2, 0.25) is 0 Å². The molecule has 5 aromatic rings. The SMILES string of the molecule is Cc1cc(C(C)Nc2ccccc2C(=O)O)c2oc(-c3cnn(-c4ccc(S(C)(=O)=O)cc4)c3)cc(=O)c2c1. The number of sulfone groups is 1. The number of nitrogens with zero attached hydrogens (tertiary/aromatic N) is 2. The molecule has 9 nitrogen and oxygen atoms in total. The summed E-state index contributed by atoms with van der Waals surface area (Å²) in [5.41, 5.74) is 3.53. The number of aromatic nitrogens is 2. The van der Waals surface area contributed by atoms with Crippen LogP contribution in [0.25, 0.3) is 28.0 Å². The molecule has 0 spiro atoms. The number of rotatable bonds is 7. The molecule has 3 aromatic carbocycles. The number of benzene rings is 3. The van der Waals surface area contributed by atoms with Gasteiger partial charge in [0.25, 0.3) is 0 Å². The molecule has 0 aliphatic carbocycles. The standard InChI is InChI=1S/C29H25N3O6S/c1-17-12-23(18(2)31-25-7-5-4-6-22(25)29(34)35)28-24(13-17)26(33)14-27(38-28)19-15-30-32(16-19)20-8-10-21(11-9-20)39(3,36)37/h4-16,18,31H,1-3H3,(H,34,35). The number of para-hydroxylation sites is 1. The zero-order valence-electron chi connectivity index (χ0n) is 21.4. The van der Waals surface area contributed by atoms with Crippen molar-refractivity contribution in [1.82, 2.24) is 9.78 Å². The first kappa shape index (κ1) is 25.9. The Morgan fingerprint density at radius 1 is 1.08 bits per heavy atom. The van der Waals surface area contributed by atoms with Crippen LogP contribution in [0.2, 0.25) is 0 Å². The summed E-state index contributed by atoms with van der Waals surface area (Å²) in [7, 11) is -3.32. The van der Waals surface area contributed by atoms with Crippen LogP contribution in [0.5, 0.6) is 0 Å². The monoisotopic (exact) mass is 543 g/mol. The average Bonchev–Trinajstić information content (AvgIpc) is 3.39. The second-order valence-electron chi connectivity index (χ2n) is 9.36. The van der Waals surface area contributed by atoms with Gasteiger partial charge < -0.3 is 14.8 Å². The number of nitrogens with one attached hydrogen (secondary N) is 1. The van der Waals surface area contributed by atoms with Crippen LogP contribution >= 0.6 is 0 Å². The Morgan fingerprint density at radius 3 is 2.49 bits per heavy atom. The van der Waals surface area contributed by atoms with Crippen molar-refractivity contribution in [3.05, 3.63) is 106 Å². The zero-order chi connectivity index (χ0) is 27.9. The van der Waals surface area contributed by atoms with Crippen molar-refractivity contribution in [2.75, 3.05) is 11.6 Å². The minimum atomic E-state index is -3.32. The summed E-state index contributed by atoms with van der Waals surface area (Å²) >= 11 is 0. The highest BCUT2D eigenvalue weighted by molar-refractivity contribution is 7.90. The molecule has 0 bridgehead atoms. The summed E-state index contributed by atoms with van der Waals surface area (Å²) in [5, 5.41) is 17.6. The Labute approximate surface area is 224 Å². The van der Waals surface area contributed by atoms with Gasteiger partial charge >= 0.3 is 5.97 Å². The van der Waals surface area contributed by atoms with E-state index in [1.165, 1.54) is 24.3 Å². The van der Waals surface area contributed by atoms with Crippen LogP contribution in [0.15, 0.2) is 93.2 Å². The van der Waals surface area contributed by atoms with E-state index in [4.69, 9.17) is 4.42 Å². The molecule has 10 heteroatoms. The van der Waals surface area contributed by atoms with E-state index in [9.17, 15) is 23.1 Å². The minimum Gasteiger partial charge on any atom is -0.478 e. The first-order valence-corrected chi connectivity index (χ1v) is 13.9. The fourth-order valence-electron chi connectivity index (χ4n) is 4.44. The van der Waals surface area contributed by atoms with Crippen LogP contribution in [-0.2, 0) is 9.84 Å². The van der Waals surface area contributed by atoms with E-state index in [0.717, 1.165) is 11.8 Å². The van der Waals surface area contributed by atoms with Gasteiger partial charge in [-0.25, -0.2) is 17.9 Å². The molecule has 0 radical (unpaired) electrons. The van der Waals surface area contributed by atoms with Crippen molar-refractivity contribution in [2.24, 2.45) is 0 Å². The number of hydrogen-bond acceptors (Lipinski definition) is 7. The van der Waals surface area contributed by atoms with Crippen LogP contribution < -0.4 is 10.7 Å². The Balaban J connectivity index is 1.55. The average molecular weight is 544 g/mol. The molecule has 0 aliphatic heterocycles. The Morgan fingerprint density at radius 2 is 1.79 bits per heavy atom. The third-order valence-electron chi connectivity index (χ3n) is 6.39. The van der Waals surface area contributed by atoms with Gasteiger partial charge in [-0.2, -0.15) is 5.10 Å². The van der Waals surface area contributed by atoms with Gasteiger partial charge in [-0.1, -0.05) is 18.2 Å². The predicted octanol–water partition coefficient (Wildman–Crippen LogP) is 5.23. The van der Waals surface area contributed by atoms with Gasteiger partial charge in [0.15, 0.2) is 15.3 Å². The van der Waals surface area contributed by atoms with Crippen molar-refractivity contribution in [3.8, 4) is 17.0 Å². The number of carbonyl (C=O) groups is 1. The number of carboxylic acids is 1. The van der Waals surface area contributed by atoms with Gasteiger partial charge in [0.1, 0.15) is 11.3 Å². The van der Waals surface area contributed by atoms with Crippen LogP contribution in [0.3, 0.4) is 0 Å². The normalized spacial score (nSPS) is 12.4. The summed E-state index contributed by atoms with van der Waals surface area (Å²) in [6, 6.07) is 17.6. The molecule has 2 heterocycles. The van der Waals surface area contributed by atoms with E-state index in [0.29, 0.717) is 39.2 Å². The van der Waals surface area contributed by atoms with Crippen molar-refractivity contribution in [1.29, 1.82) is 0 Å². The van der Waals surface area contributed by atoms with Crippen LogP contribution in [-0.4, -0.2) is 35.5 Å². The van der Waals surface area contributed by atoms with Crippen molar-refractivity contribution in [2.45, 2.75) is 24.8 Å². The maximum Gasteiger partial charge on any atom is 0.337 e. The number of carboxylic acid groups (broad SMARTS) is 1. The number of aromatic carboxylic acids is 1. The fraction of sp³-hybridized carbons (Fsp3) is 0.138. The van der Waals surface area contributed by atoms with Crippen LogP contribution in [0, 0.1) is 6.92 Å². The maximum absolute atomic E-state index is 13.2. The molecular weight excluding hydrogens is 518 g/mol. The summed E-state index contributed by atoms with van der Waals surface area (Å²) < 4.78 is 31.4. The molecule has 0 saturated carbocycles. The van der Waals surface area contributed by atoms with E-state index in [-0.39, 0.29) is 21.9 Å². The lowest BCUT2D eigenvalue weighted by atomic mass is 10.0. The highest BCUT2D eigenvalue weighted by atomic mass is 32.2. The molecule has 0 amide bonds. The lowest BCUT2D eigenvalue weighted by Gasteiger charge is -2.19. The molecule has 2 N–H and O–H groups in total. The number of fused-ring (bicyclic) bond motifs is 1. The smallest absolute Gasteiger partial charge is 0.337 e. The Hall–Kier alpha value is -4.70. The molecule has 0 aliphatic rings. The summed E-state index contributed by atoms with van der Waals surface area (Å²) in [6.45, 7) is 3.75. The highest BCUT2D eigenvalue weighted by Crippen LogP contribution is 2.31. The fourth-order valence-corrected chi connectivity index (χ4v) is 5.07. The second-order valence-corrected chi connectivity index (χ2v) is 11.4. The molecular formula is C29H25N3O6S. The zero-order valence-corrected chi connectivity index (χ0v) is 22.2. The topological polar surface area (TPSA) is 131 Å². The summed E-state index contributed by atoms with van der Waals surface area (Å²) in [5.74, 6) is -0.731. The molecule has 198 valence electrons. The van der Waals surface area contributed by atoms with Gasteiger partial charge in [-0.3, -0.25) is 4.79 Å². The summed E-state index contributed by atoms with van der Waals surface area (Å²) in [4.78, 5) is 25.1. The van der Waals surface area contributed by atoms with E-state index in [2.05, 4.69) is 10.4 Å². The highest BCUT2D eigenvalue weighted by Gasteiger charge is 2.19. The van der Waals surface area contributed by atoms with E-state index in [1.807, 2.05) is 19.9 Å². The predicted molar refractivity (Wildman–Crippen MR) is 148 cm³/mol. The quantitative estimate of drug-likeness (QED) is 0.285. The lowest BCUT2D eigenvalue weighted by molar-refractivity contribution is 0.0698. The largest absolute Gasteiger partial charge is 0.478 e. The van der Waals surface area contributed by atoms with E-state index < -0.39 is 15.8 Å². The number of aryl methyl sites for hydroxylation is 1. The van der Waals surface area contributed by atoms with Crippen LogP contribution in [0.1, 0.15) is 34.5 Å². The van der Waals surface area contributed by atoms with E-state index >= 15 is 0 Å². The molecule has 2 aromatic heterocycles. The van der Waals surface area contributed by atoms with E-state index in [1.54, 1.807) is 53.5 Å². The van der Waals surface area contributed by atoms with Crippen molar-refractivity contribution in [3.63, 3.8) is 0 Å². The second kappa shape index (κ2) is 9.88. The van der Waals surface area contributed by atoms with Crippen molar-refractivity contribution < 1.29 is 22.7 Å². The van der Waals surface area contributed by atoms with Gasteiger partial charge in [0.05, 0.1) is 39.3 Å². The molecule has 5 rings (SSSR count). The third kappa shape index (κ3) is 5.19. The number of hydrogen-bond donors (Lipinski definition) is 2. The van der Waals surface area contributed by atoms with Crippen molar-refractivity contribution >= 4 is 32.5 Å². The number of anilines is 1. The Kier molecular flexibility index (Phi) is 6.57. The van der Waals surface area contributed by atoms with Gasteiger partial charge in [0, 0.05) is 29.8 Å². The van der Waals surface area contributed by atoms with Gasteiger partial charge in [-0.05, 0) is 61.9 Å². The molecule has 0 saturated heterocycles. The molecule has 1 atom stereocenters. The van der Waals surface area contributed by atoms with Crippen LogP contribution in [0.4, 0.5) is 5.69 Å². The first-order chi connectivity index (χ1) is 18.5. The molecule has 39 heavy (non-hydrogen) atoms.